The van der Waals surface area contributed by atoms with Crippen LogP contribution in [-0.2, 0) is 29.2 Å². The SMILES string of the molecule is CCCc1ccccc1-c1cccc2c1C=C(C(C)CC)[CH]2[Zr]([Cl])([Cl])([c]1cccc2c1[SiH2]c1ccccc1-2)[CH]1C(C(C)CC)=Cc2c(-c3ccccc3CCC)cccc21. The van der Waals surface area contributed by atoms with Crippen LogP contribution in [-0.4, -0.2) is 9.52 Å². The van der Waals surface area contributed by atoms with E-state index in [-0.39, 0.29) is 7.25 Å². The Morgan fingerprint density at radius 3 is 1.43 bits per heavy atom. The third-order valence-electron chi connectivity index (χ3n) is 14.6. The van der Waals surface area contributed by atoms with Gasteiger partial charge in [-0.3, -0.25) is 0 Å². The minimum absolute atomic E-state index is 0.0957. The average Bonchev–Trinajstić information content (AvgIpc) is 3.99. The molecule has 1 heterocycles. The molecular weight excluding hydrogens is 863 g/mol. The van der Waals surface area contributed by atoms with Crippen LogP contribution in [0.4, 0.5) is 0 Å². The summed E-state index contributed by atoms with van der Waals surface area (Å²) in [7, 11) is 18.1. The van der Waals surface area contributed by atoms with Crippen molar-refractivity contribution in [1.82, 2.24) is 0 Å². The Kier molecular flexibility index (Phi) is 11.6. The van der Waals surface area contributed by atoms with Crippen LogP contribution in [0, 0.1) is 11.8 Å². The Balaban J connectivity index is 1.38. The van der Waals surface area contributed by atoms with Crippen LogP contribution in [0.1, 0.15) is 108 Å². The molecule has 0 saturated heterocycles. The molecule has 0 aromatic heterocycles. The molecule has 4 atom stereocenters. The molecule has 4 unspecified atom stereocenters. The van der Waals surface area contributed by atoms with E-state index >= 15 is 0 Å². The number of rotatable bonds is 13. The van der Waals surface area contributed by atoms with Gasteiger partial charge in [0, 0.05) is 0 Å². The first-order valence-corrected chi connectivity index (χ1v) is 34.6. The molecule has 1 aliphatic heterocycles. The molecule has 0 nitrogen and oxygen atoms in total. The van der Waals surface area contributed by atoms with Gasteiger partial charge in [-0.1, -0.05) is 0 Å². The molecule has 0 spiro atoms. The second-order valence-electron chi connectivity index (χ2n) is 18.0. The van der Waals surface area contributed by atoms with Gasteiger partial charge in [-0.25, -0.2) is 0 Å². The topological polar surface area (TPSA) is 0 Å². The molecule has 2 aliphatic carbocycles. The third kappa shape index (κ3) is 6.61. The molecule has 6 aromatic rings. The van der Waals surface area contributed by atoms with Crippen molar-refractivity contribution < 1.29 is 16.4 Å². The van der Waals surface area contributed by atoms with E-state index in [0.717, 1.165) is 38.5 Å². The Labute approximate surface area is 370 Å². The van der Waals surface area contributed by atoms with Crippen LogP contribution < -0.4 is 13.6 Å². The maximum atomic E-state index is 9.48. The van der Waals surface area contributed by atoms with Crippen molar-refractivity contribution in [3.05, 3.63) is 172 Å². The van der Waals surface area contributed by atoms with Crippen LogP contribution >= 0.6 is 17.0 Å². The van der Waals surface area contributed by atoms with E-state index in [4.69, 9.17) is 0 Å². The van der Waals surface area contributed by atoms with Crippen molar-refractivity contribution >= 4 is 52.3 Å². The van der Waals surface area contributed by atoms with Gasteiger partial charge in [-0.15, -0.1) is 0 Å². The molecular formula is C56H59Cl2SiZr. The number of hydrogen-bond acceptors (Lipinski definition) is 0. The van der Waals surface area contributed by atoms with Gasteiger partial charge >= 0.3 is 373 Å². The first-order valence-electron chi connectivity index (χ1n) is 22.8. The molecule has 0 saturated carbocycles. The number of allylic oxidation sites excluding steroid dienone is 2. The summed E-state index contributed by atoms with van der Waals surface area (Å²) in [5, 5.41) is 2.99. The zero-order valence-corrected chi connectivity index (χ0v) is 41.7. The molecule has 60 heavy (non-hydrogen) atoms. The van der Waals surface area contributed by atoms with E-state index in [1.807, 2.05) is 0 Å². The normalized spacial score (nSPS) is 18.5. The number of halogens is 2. The van der Waals surface area contributed by atoms with Gasteiger partial charge in [-0.2, -0.15) is 0 Å². The first kappa shape index (κ1) is 41.8. The van der Waals surface area contributed by atoms with Crippen LogP contribution in [0.5, 0.6) is 0 Å². The molecule has 0 N–H and O–H groups in total. The Hall–Kier alpha value is -3.52. The Morgan fingerprint density at radius 2 is 0.933 bits per heavy atom. The van der Waals surface area contributed by atoms with Crippen molar-refractivity contribution in [2.24, 2.45) is 11.8 Å². The predicted octanol–water partition coefficient (Wildman–Crippen LogP) is 14.0. The van der Waals surface area contributed by atoms with Crippen LogP contribution in [0.15, 0.2) is 139 Å². The standard InChI is InChI=1S/2C22H25.C12H9Si.2ClH.Zr/c2*1-4-9-17-10-6-7-12-20(17)21-13-8-11-18-14-19(15-22(18)21)16(3)5-2;1-3-7-11-9(5-1)10-6-2-4-8-12(10)13-11;;;/h2*6-8,10-16H,4-5,9H2,1-3H3;1-7H,13H2;2*1H;/q;;;;;+2/p-2. The maximum absolute atomic E-state index is 9.48. The Bertz CT molecular complexity index is 2550. The zero-order chi connectivity index (χ0) is 41.8. The summed E-state index contributed by atoms with van der Waals surface area (Å²) >= 11 is -5.70. The fourth-order valence-corrected chi connectivity index (χ4v) is 39.4. The van der Waals surface area contributed by atoms with E-state index in [1.54, 1.807) is 0 Å². The van der Waals surface area contributed by atoms with Crippen molar-refractivity contribution in [2.45, 2.75) is 87.3 Å². The van der Waals surface area contributed by atoms with Crippen LogP contribution in [0.25, 0.3) is 45.5 Å². The quantitative estimate of drug-likeness (QED) is 0.101. The monoisotopic (exact) mass is 919 g/mol. The molecule has 9 rings (SSSR count). The first-order chi connectivity index (χ1) is 29.1. The minimum atomic E-state index is -5.70. The molecule has 0 radical (unpaired) electrons. The van der Waals surface area contributed by atoms with E-state index in [9.17, 15) is 17.0 Å². The molecule has 0 amide bonds. The molecule has 4 heteroatoms. The molecule has 0 bridgehead atoms. The summed E-state index contributed by atoms with van der Waals surface area (Å²) in [6.45, 7) is 14.1. The number of aryl methyl sites for hydroxylation is 2. The van der Waals surface area contributed by atoms with Crippen LogP contribution in [0.2, 0.25) is 0 Å². The fraction of sp³-hybridized carbons (Fsp3) is 0.286. The zero-order valence-electron chi connectivity index (χ0n) is 36.3. The summed E-state index contributed by atoms with van der Waals surface area (Å²) in [6.07, 6.45) is 11.5. The summed E-state index contributed by atoms with van der Waals surface area (Å²) < 4.78 is 1.12. The van der Waals surface area contributed by atoms with Crippen molar-refractivity contribution in [3.63, 3.8) is 0 Å². The van der Waals surface area contributed by atoms with E-state index in [0.29, 0.717) is 11.8 Å². The molecule has 305 valence electrons. The van der Waals surface area contributed by atoms with E-state index in [1.165, 1.54) is 91.6 Å². The van der Waals surface area contributed by atoms with Crippen molar-refractivity contribution in [1.29, 1.82) is 0 Å². The van der Waals surface area contributed by atoms with Crippen molar-refractivity contribution in [3.8, 4) is 33.4 Å². The second kappa shape index (κ2) is 16.6. The number of benzene rings is 6. The van der Waals surface area contributed by atoms with Crippen molar-refractivity contribution in [2.75, 3.05) is 0 Å². The average molecular weight is 922 g/mol. The van der Waals surface area contributed by atoms with Gasteiger partial charge in [0.05, 0.1) is 0 Å². The van der Waals surface area contributed by atoms with E-state index in [2.05, 4.69) is 181 Å². The van der Waals surface area contributed by atoms with Gasteiger partial charge in [-0.05, 0) is 0 Å². The van der Waals surface area contributed by atoms with Gasteiger partial charge in [0.25, 0.3) is 0 Å². The number of fused-ring (bicyclic) bond motifs is 5. The summed E-state index contributed by atoms with van der Waals surface area (Å²) in [5.74, 6) is 0.615. The third-order valence-corrected chi connectivity index (χ3v) is 37.2. The fourth-order valence-electron chi connectivity index (χ4n) is 11.5. The van der Waals surface area contributed by atoms with Gasteiger partial charge in [0.1, 0.15) is 0 Å². The molecule has 6 aromatic carbocycles. The summed E-state index contributed by atoms with van der Waals surface area (Å²) in [6, 6.07) is 48.4. The molecule has 3 aliphatic rings. The Morgan fingerprint density at radius 1 is 0.500 bits per heavy atom. The number of hydrogen-bond donors (Lipinski definition) is 0. The van der Waals surface area contributed by atoms with Gasteiger partial charge < -0.3 is 0 Å². The summed E-state index contributed by atoms with van der Waals surface area (Å²) in [5.41, 5.74) is 19.0. The predicted molar refractivity (Wildman–Crippen MR) is 263 cm³/mol. The van der Waals surface area contributed by atoms with Crippen LogP contribution in [0.3, 0.4) is 0 Å². The second-order valence-corrected chi connectivity index (χ2v) is 40.5. The molecule has 0 fully saturated rings. The van der Waals surface area contributed by atoms with Gasteiger partial charge in [0.2, 0.25) is 0 Å². The summed E-state index contributed by atoms with van der Waals surface area (Å²) in [4.78, 5) is 0. The van der Waals surface area contributed by atoms with E-state index < -0.39 is 25.9 Å². The van der Waals surface area contributed by atoms with Gasteiger partial charge in [0.15, 0.2) is 0 Å².